The molecule has 1 aliphatic carbocycles. The van der Waals surface area contributed by atoms with Crippen LogP contribution in [0.1, 0.15) is 30.4 Å². The largest absolute Gasteiger partial charge is 0.398 e. The van der Waals surface area contributed by atoms with E-state index in [2.05, 4.69) is 0 Å². The summed E-state index contributed by atoms with van der Waals surface area (Å²) in [5.74, 6) is 0. The summed E-state index contributed by atoms with van der Waals surface area (Å²) in [6.45, 7) is 0. The molecule has 0 radical (unpaired) electrons. The van der Waals surface area contributed by atoms with Gasteiger partial charge in [-0.3, -0.25) is 0 Å². The van der Waals surface area contributed by atoms with E-state index in [1.54, 1.807) is 0 Å². The zero-order chi connectivity index (χ0) is 9.26. The fraction of sp³-hybridized carbons (Fsp3) is 0.455. The first-order valence-corrected chi connectivity index (χ1v) is 4.95. The minimum absolute atomic E-state index is 0.922. The molecule has 4 N–H and O–H groups in total. The summed E-state index contributed by atoms with van der Waals surface area (Å²) in [4.78, 5) is 0. The molecule has 13 heavy (non-hydrogen) atoms. The second-order valence-electron chi connectivity index (χ2n) is 3.76. The fourth-order valence-electron chi connectivity index (χ4n) is 2.10. The van der Waals surface area contributed by atoms with Crippen molar-refractivity contribution in [2.45, 2.75) is 32.1 Å². The maximum Gasteiger partial charge on any atom is 0.0350 e. The smallest absolute Gasteiger partial charge is 0.0350 e. The van der Waals surface area contributed by atoms with Gasteiger partial charge < -0.3 is 11.5 Å². The lowest BCUT2D eigenvalue weighted by Crippen LogP contribution is -2.02. The van der Waals surface area contributed by atoms with Gasteiger partial charge in [0.05, 0.1) is 0 Å². The Bertz CT molecular complexity index is 287. The number of fused-ring (bicyclic) bond motifs is 1. The molecule has 0 bridgehead atoms. The lowest BCUT2D eigenvalue weighted by atomic mass is 9.99. The van der Waals surface area contributed by atoms with E-state index in [1.807, 2.05) is 12.1 Å². The van der Waals surface area contributed by atoms with Crippen LogP contribution in [0.5, 0.6) is 0 Å². The maximum absolute atomic E-state index is 5.92. The Kier molecular flexibility index (Phi) is 2.13. The number of hydrogen-bond acceptors (Lipinski definition) is 2. The van der Waals surface area contributed by atoms with Gasteiger partial charge in [0.25, 0.3) is 0 Å². The Morgan fingerprint density at radius 2 is 1.23 bits per heavy atom. The van der Waals surface area contributed by atoms with Gasteiger partial charge in [0.1, 0.15) is 0 Å². The van der Waals surface area contributed by atoms with Gasteiger partial charge >= 0.3 is 0 Å². The van der Waals surface area contributed by atoms with Crippen molar-refractivity contribution in [3.05, 3.63) is 23.3 Å². The molecule has 0 saturated carbocycles. The van der Waals surface area contributed by atoms with Gasteiger partial charge in [0, 0.05) is 11.4 Å². The molecule has 2 nitrogen and oxygen atoms in total. The lowest BCUT2D eigenvalue weighted by molar-refractivity contribution is 0.712. The lowest BCUT2D eigenvalue weighted by Gasteiger charge is -2.11. The monoisotopic (exact) mass is 176 g/mol. The van der Waals surface area contributed by atoms with Crippen LogP contribution in [0.4, 0.5) is 11.4 Å². The Hall–Kier alpha value is -1.18. The third-order valence-electron chi connectivity index (χ3n) is 2.86. The summed E-state index contributed by atoms with van der Waals surface area (Å²) in [6, 6.07) is 3.86. The Balaban J connectivity index is 2.50. The van der Waals surface area contributed by atoms with Crippen molar-refractivity contribution in [3.63, 3.8) is 0 Å². The second kappa shape index (κ2) is 3.29. The minimum atomic E-state index is 0.922. The average molecular weight is 176 g/mol. The summed E-state index contributed by atoms with van der Waals surface area (Å²) in [7, 11) is 0. The van der Waals surface area contributed by atoms with E-state index >= 15 is 0 Å². The number of nitrogens with two attached hydrogens (primary N) is 2. The molecule has 0 aromatic heterocycles. The predicted octanol–water partition coefficient (Wildman–Crippen LogP) is 2.12. The third-order valence-corrected chi connectivity index (χ3v) is 2.86. The standard InChI is InChI=1S/C11H16N2/c12-10-6-7-11(13)9-5-3-1-2-4-8(9)10/h6-7H,1-5,12-13H2. The van der Waals surface area contributed by atoms with E-state index < -0.39 is 0 Å². The summed E-state index contributed by atoms with van der Waals surface area (Å²) in [5, 5.41) is 0. The van der Waals surface area contributed by atoms with Crippen LogP contribution in [-0.2, 0) is 12.8 Å². The van der Waals surface area contributed by atoms with Crippen LogP contribution in [0.2, 0.25) is 0 Å². The topological polar surface area (TPSA) is 52.0 Å². The predicted molar refractivity (Wildman–Crippen MR) is 56.5 cm³/mol. The molecule has 0 heterocycles. The maximum atomic E-state index is 5.92. The molecule has 1 aromatic carbocycles. The molecule has 0 unspecified atom stereocenters. The highest BCUT2D eigenvalue weighted by Crippen LogP contribution is 2.29. The second-order valence-corrected chi connectivity index (χ2v) is 3.76. The normalized spacial score (nSPS) is 16.3. The molecule has 0 amide bonds. The number of benzene rings is 1. The van der Waals surface area contributed by atoms with Crippen LogP contribution >= 0.6 is 0 Å². The number of rotatable bonds is 0. The number of hydrogen-bond donors (Lipinski definition) is 2. The molecular weight excluding hydrogens is 160 g/mol. The summed E-state index contributed by atoms with van der Waals surface area (Å²) in [5.41, 5.74) is 16.3. The quantitative estimate of drug-likeness (QED) is 0.470. The van der Waals surface area contributed by atoms with E-state index in [9.17, 15) is 0 Å². The first-order chi connectivity index (χ1) is 6.29. The van der Waals surface area contributed by atoms with Crippen molar-refractivity contribution in [2.24, 2.45) is 0 Å². The molecule has 2 heteroatoms. The van der Waals surface area contributed by atoms with Crippen LogP contribution in [0.15, 0.2) is 12.1 Å². The van der Waals surface area contributed by atoms with Crippen molar-refractivity contribution in [3.8, 4) is 0 Å². The van der Waals surface area contributed by atoms with Gasteiger partial charge in [-0.1, -0.05) is 6.42 Å². The average Bonchev–Trinajstić information content (AvgIpc) is 2.37. The van der Waals surface area contributed by atoms with E-state index in [4.69, 9.17) is 11.5 Å². The summed E-state index contributed by atoms with van der Waals surface area (Å²) < 4.78 is 0. The number of nitrogen functional groups attached to an aromatic ring is 2. The fourth-order valence-corrected chi connectivity index (χ4v) is 2.10. The van der Waals surface area contributed by atoms with Crippen LogP contribution in [0, 0.1) is 0 Å². The van der Waals surface area contributed by atoms with Gasteiger partial charge in [-0.05, 0) is 48.9 Å². The Morgan fingerprint density at radius 3 is 1.69 bits per heavy atom. The highest BCUT2D eigenvalue weighted by atomic mass is 14.6. The van der Waals surface area contributed by atoms with Gasteiger partial charge in [-0.25, -0.2) is 0 Å². The molecule has 0 fully saturated rings. The zero-order valence-corrected chi connectivity index (χ0v) is 7.84. The molecule has 1 aromatic rings. The molecule has 0 atom stereocenters. The summed E-state index contributed by atoms with van der Waals surface area (Å²) >= 11 is 0. The van der Waals surface area contributed by atoms with Crippen molar-refractivity contribution < 1.29 is 0 Å². The number of anilines is 2. The molecule has 0 spiro atoms. The van der Waals surface area contributed by atoms with Crippen molar-refractivity contribution >= 4 is 11.4 Å². The van der Waals surface area contributed by atoms with Crippen molar-refractivity contribution in [1.29, 1.82) is 0 Å². The molecular formula is C11H16N2. The van der Waals surface area contributed by atoms with Gasteiger partial charge in [0.2, 0.25) is 0 Å². The molecule has 2 rings (SSSR count). The minimum Gasteiger partial charge on any atom is -0.398 e. The van der Waals surface area contributed by atoms with Gasteiger partial charge in [-0.15, -0.1) is 0 Å². The van der Waals surface area contributed by atoms with E-state index in [0.29, 0.717) is 0 Å². The van der Waals surface area contributed by atoms with Crippen LogP contribution < -0.4 is 11.5 Å². The molecule has 0 saturated heterocycles. The van der Waals surface area contributed by atoms with Crippen LogP contribution in [0.25, 0.3) is 0 Å². The molecule has 70 valence electrons. The SMILES string of the molecule is Nc1ccc(N)c2c1CCCCC2. The Labute approximate surface area is 78.9 Å². The van der Waals surface area contributed by atoms with E-state index in [-0.39, 0.29) is 0 Å². The zero-order valence-electron chi connectivity index (χ0n) is 7.84. The highest BCUT2D eigenvalue weighted by molar-refractivity contribution is 5.62. The molecule has 1 aliphatic rings. The van der Waals surface area contributed by atoms with Gasteiger partial charge in [-0.2, -0.15) is 0 Å². The van der Waals surface area contributed by atoms with Crippen molar-refractivity contribution in [2.75, 3.05) is 11.5 Å². The first kappa shape index (κ1) is 8.42. The van der Waals surface area contributed by atoms with Crippen molar-refractivity contribution in [1.82, 2.24) is 0 Å². The Morgan fingerprint density at radius 1 is 0.769 bits per heavy atom. The highest BCUT2D eigenvalue weighted by Gasteiger charge is 2.12. The third kappa shape index (κ3) is 1.48. The summed E-state index contributed by atoms with van der Waals surface area (Å²) in [6.07, 6.45) is 6.01. The van der Waals surface area contributed by atoms with E-state index in [1.165, 1.54) is 30.4 Å². The van der Waals surface area contributed by atoms with Gasteiger partial charge in [0.15, 0.2) is 0 Å². The van der Waals surface area contributed by atoms with Crippen LogP contribution in [0.3, 0.4) is 0 Å². The first-order valence-electron chi connectivity index (χ1n) is 4.95. The van der Waals surface area contributed by atoms with E-state index in [0.717, 1.165) is 24.2 Å². The van der Waals surface area contributed by atoms with Crippen LogP contribution in [-0.4, -0.2) is 0 Å². The molecule has 0 aliphatic heterocycles.